The van der Waals surface area contributed by atoms with Crippen LogP contribution in [0.1, 0.15) is 19.8 Å². The molecular weight excluding hydrogens is 182 g/mol. The fourth-order valence-electron chi connectivity index (χ4n) is 0.933. The van der Waals surface area contributed by atoms with Crippen molar-refractivity contribution in [3.63, 3.8) is 0 Å². The van der Waals surface area contributed by atoms with Crippen LogP contribution in [0, 0.1) is 0 Å². The lowest BCUT2D eigenvalue weighted by molar-refractivity contribution is -0.141. The van der Waals surface area contributed by atoms with E-state index in [9.17, 15) is 9.59 Å². The van der Waals surface area contributed by atoms with Gasteiger partial charge in [0, 0.05) is 20.5 Å². The van der Waals surface area contributed by atoms with Crippen molar-refractivity contribution in [1.29, 1.82) is 0 Å². The quantitative estimate of drug-likeness (QED) is 0.364. The Hall–Kier alpha value is -1.32. The Labute approximate surface area is 84.5 Å². The topological polar surface area (TPSA) is 46.6 Å². The Morgan fingerprint density at radius 3 is 2.57 bits per heavy atom. The van der Waals surface area contributed by atoms with E-state index in [1.165, 1.54) is 13.0 Å². The minimum atomic E-state index is -0.263. The Morgan fingerprint density at radius 2 is 2.07 bits per heavy atom. The number of hydrogen-bond donors (Lipinski definition) is 0. The molecule has 0 rings (SSSR count). The van der Waals surface area contributed by atoms with Gasteiger partial charge < -0.3 is 9.64 Å². The first-order valence-corrected chi connectivity index (χ1v) is 4.59. The zero-order chi connectivity index (χ0) is 11.0. The SMILES string of the molecule is C=CC(=O)N(C)CCCCOC(C)=O. The summed E-state index contributed by atoms with van der Waals surface area (Å²) in [5.41, 5.74) is 0. The van der Waals surface area contributed by atoms with Gasteiger partial charge in [-0.25, -0.2) is 0 Å². The number of hydrogen-bond acceptors (Lipinski definition) is 3. The van der Waals surface area contributed by atoms with Crippen molar-refractivity contribution in [2.24, 2.45) is 0 Å². The Morgan fingerprint density at radius 1 is 1.43 bits per heavy atom. The van der Waals surface area contributed by atoms with Crippen LogP contribution in [0.2, 0.25) is 0 Å². The summed E-state index contributed by atoms with van der Waals surface area (Å²) in [4.78, 5) is 23.0. The Balaban J connectivity index is 3.40. The number of carbonyl (C=O) groups is 2. The highest BCUT2D eigenvalue weighted by atomic mass is 16.5. The molecule has 0 aliphatic rings. The largest absolute Gasteiger partial charge is 0.466 e. The molecule has 14 heavy (non-hydrogen) atoms. The average Bonchev–Trinajstić information content (AvgIpc) is 2.15. The van der Waals surface area contributed by atoms with Crippen molar-refractivity contribution in [3.8, 4) is 0 Å². The maximum atomic E-state index is 11.0. The number of rotatable bonds is 6. The second kappa shape index (κ2) is 7.12. The molecule has 0 saturated heterocycles. The molecule has 0 aliphatic carbocycles. The fraction of sp³-hybridized carbons (Fsp3) is 0.600. The number of likely N-dealkylation sites (N-methyl/N-ethyl adjacent to an activating group) is 1. The van der Waals surface area contributed by atoms with E-state index in [-0.39, 0.29) is 11.9 Å². The summed E-state index contributed by atoms with van der Waals surface area (Å²) in [7, 11) is 1.72. The van der Waals surface area contributed by atoms with Crippen LogP contribution in [0.5, 0.6) is 0 Å². The molecule has 4 nitrogen and oxygen atoms in total. The van der Waals surface area contributed by atoms with Gasteiger partial charge in [-0.1, -0.05) is 6.58 Å². The van der Waals surface area contributed by atoms with Crippen molar-refractivity contribution < 1.29 is 14.3 Å². The predicted octanol–water partition coefficient (Wildman–Crippen LogP) is 0.974. The molecule has 4 heteroatoms. The molecule has 0 saturated carbocycles. The van der Waals surface area contributed by atoms with Crippen LogP contribution in [0.3, 0.4) is 0 Å². The van der Waals surface area contributed by atoms with Gasteiger partial charge in [0.15, 0.2) is 0 Å². The zero-order valence-corrected chi connectivity index (χ0v) is 8.78. The van der Waals surface area contributed by atoms with Crippen molar-refractivity contribution in [3.05, 3.63) is 12.7 Å². The highest BCUT2D eigenvalue weighted by Crippen LogP contribution is 1.95. The van der Waals surface area contributed by atoms with Crippen LogP contribution in [0.15, 0.2) is 12.7 Å². The molecule has 0 fully saturated rings. The van der Waals surface area contributed by atoms with E-state index >= 15 is 0 Å². The average molecular weight is 199 g/mol. The van der Waals surface area contributed by atoms with Gasteiger partial charge in [-0.3, -0.25) is 9.59 Å². The molecular formula is C10H17NO3. The lowest BCUT2D eigenvalue weighted by Gasteiger charge is -2.14. The van der Waals surface area contributed by atoms with Crippen LogP contribution in [-0.4, -0.2) is 37.0 Å². The zero-order valence-electron chi connectivity index (χ0n) is 8.78. The van der Waals surface area contributed by atoms with Crippen LogP contribution in [0.4, 0.5) is 0 Å². The van der Waals surface area contributed by atoms with Crippen LogP contribution < -0.4 is 0 Å². The van der Waals surface area contributed by atoms with Gasteiger partial charge in [0.05, 0.1) is 6.61 Å². The minimum absolute atomic E-state index is 0.0857. The molecule has 0 radical (unpaired) electrons. The first-order valence-electron chi connectivity index (χ1n) is 4.59. The number of carbonyl (C=O) groups excluding carboxylic acids is 2. The molecule has 0 aromatic heterocycles. The van der Waals surface area contributed by atoms with Gasteiger partial charge in [0.2, 0.25) is 5.91 Å². The second-order valence-corrected chi connectivity index (χ2v) is 3.01. The Kier molecular flexibility index (Phi) is 6.45. The van der Waals surface area contributed by atoms with E-state index in [4.69, 9.17) is 4.74 Å². The molecule has 0 aromatic carbocycles. The normalized spacial score (nSPS) is 9.29. The highest BCUT2D eigenvalue weighted by molar-refractivity contribution is 5.86. The molecule has 0 aromatic rings. The molecule has 80 valence electrons. The van der Waals surface area contributed by atoms with Gasteiger partial charge in [0.1, 0.15) is 0 Å². The van der Waals surface area contributed by atoms with Gasteiger partial charge in [-0.15, -0.1) is 0 Å². The fourth-order valence-corrected chi connectivity index (χ4v) is 0.933. The van der Waals surface area contributed by atoms with E-state index < -0.39 is 0 Å². The van der Waals surface area contributed by atoms with Gasteiger partial charge in [0.25, 0.3) is 0 Å². The predicted molar refractivity (Wildman–Crippen MR) is 53.7 cm³/mol. The van der Waals surface area contributed by atoms with Crippen molar-refractivity contribution in [1.82, 2.24) is 4.90 Å². The third-order valence-corrected chi connectivity index (χ3v) is 1.74. The van der Waals surface area contributed by atoms with E-state index in [1.54, 1.807) is 11.9 Å². The summed E-state index contributed by atoms with van der Waals surface area (Å²) in [5.74, 6) is -0.349. The monoisotopic (exact) mass is 199 g/mol. The first kappa shape index (κ1) is 12.7. The third kappa shape index (κ3) is 6.22. The standard InChI is InChI=1S/C10H17NO3/c1-4-10(13)11(3)7-5-6-8-14-9(2)12/h4H,1,5-8H2,2-3H3. The number of esters is 1. The molecule has 1 amide bonds. The summed E-state index contributed by atoms with van der Waals surface area (Å²) in [5, 5.41) is 0. The summed E-state index contributed by atoms with van der Waals surface area (Å²) in [6.45, 7) is 5.85. The van der Waals surface area contributed by atoms with E-state index in [2.05, 4.69) is 6.58 Å². The molecule has 0 aliphatic heterocycles. The maximum absolute atomic E-state index is 11.0. The van der Waals surface area contributed by atoms with Gasteiger partial charge in [-0.2, -0.15) is 0 Å². The van der Waals surface area contributed by atoms with Crippen molar-refractivity contribution >= 4 is 11.9 Å². The van der Waals surface area contributed by atoms with Crippen molar-refractivity contribution in [2.45, 2.75) is 19.8 Å². The molecule has 0 bridgehead atoms. The Bertz CT molecular complexity index is 213. The summed E-state index contributed by atoms with van der Waals surface area (Å²) >= 11 is 0. The number of ether oxygens (including phenoxy) is 1. The van der Waals surface area contributed by atoms with E-state index in [0.717, 1.165) is 12.8 Å². The van der Waals surface area contributed by atoms with Crippen LogP contribution in [-0.2, 0) is 14.3 Å². The van der Waals surface area contributed by atoms with E-state index in [0.29, 0.717) is 13.2 Å². The number of nitrogens with zero attached hydrogens (tertiary/aromatic N) is 1. The van der Waals surface area contributed by atoms with Crippen LogP contribution >= 0.6 is 0 Å². The number of unbranched alkanes of at least 4 members (excludes halogenated alkanes) is 1. The second-order valence-electron chi connectivity index (χ2n) is 3.01. The lowest BCUT2D eigenvalue weighted by Crippen LogP contribution is -2.25. The summed E-state index contributed by atoms with van der Waals surface area (Å²) in [6, 6.07) is 0. The smallest absolute Gasteiger partial charge is 0.302 e. The van der Waals surface area contributed by atoms with Gasteiger partial charge in [-0.05, 0) is 18.9 Å². The summed E-state index contributed by atoms with van der Waals surface area (Å²) in [6.07, 6.45) is 2.88. The molecule has 0 spiro atoms. The van der Waals surface area contributed by atoms with Crippen LogP contribution in [0.25, 0.3) is 0 Å². The van der Waals surface area contributed by atoms with Gasteiger partial charge >= 0.3 is 5.97 Å². The molecule has 0 N–H and O–H groups in total. The lowest BCUT2D eigenvalue weighted by atomic mass is 10.3. The number of amides is 1. The molecule has 0 atom stereocenters. The maximum Gasteiger partial charge on any atom is 0.302 e. The third-order valence-electron chi connectivity index (χ3n) is 1.74. The van der Waals surface area contributed by atoms with E-state index in [1.807, 2.05) is 0 Å². The van der Waals surface area contributed by atoms with Crippen molar-refractivity contribution in [2.75, 3.05) is 20.2 Å². The first-order chi connectivity index (χ1) is 6.57. The summed E-state index contributed by atoms with van der Waals surface area (Å²) < 4.78 is 4.75. The molecule has 0 heterocycles. The highest BCUT2D eigenvalue weighted by Gasteiger charge is 2.02. The molecule has 0 unspecified atom stereocenters. The minimum Gasteiger partial charge on any atom is -0.466 e.